The van der Waals surface area contributed by atoms with Crippen LogP contribution in [-0.2, 0) is 6.54 Å². The van der Waals surface area contributed by atoms with Crippen molar-refractivity contribution in [2.75, 3.05) is 19.8 Å². The molecule has 7 heteroatoms. The lowest BCUT2D eigenvalue weighted by Gasteiger charge is -2.23. The molecule has 0 amide bonds. The number of nitrogens with one attached hydrogen (secondary N) is 2. The van der Waals surface area contributed by atoms with Gasteiger partial charge in [0.25, 0.3) is 0 Å². The fourth-order valence-electron chi connectivity index (χ4n) is 2.28. The van der Waals surface area contributed by atoms with E-state index in [9.17, 15) is 0 Å². The van der Waals surface area contributed by atoms with E-state index in [2.05, 4.69) is 51.9 Å². The van der Waals surface area contributed by atoms with Crippen LogP contribution in [0, 0.1) is 13.8 Å². The molecule has 2 heterocycles. The first-order chi connectivity index (χ1) is 11.8. The molecular weight excluding hydrogens is 332 g/mol. The summed E-state index contributed by atoms with van der Waals surface area (Å²) in [6.07, 6.45) is 3.99. The molecule has 0 aliphatic rings. The third-order valence-electron chi connectivity index (χ3n) is 3.95. The Morgan fingerprint density at radius 3 is 2.56 bits per heavy atom. The smallest absolute Gasteiger partial charge is 0.191 e. The average molecular weight is 361 g/mol. The number of pyridine rings is 1. The highest BCUT2D eigenvalue weighted by Crippen LogP contribution is 2.19. The molecule has 25 heavy (non-hydrogen) atoms. The Labute approximate surface area is 154 Å². The number of aliphatic imine (C=N–C) groups is 1. The number of guanidine groups is 1. The standard InChI is InChI=1S/C18H28N6S/c1-13-9-14(2)24(23-13)16-8-7-15(10-20-16)11-21-17(19-5)22-12-18(3,4)25-6/h7-10H,11-12H2,1-6H3,(H2,19,21,22). The Balaban J connectivity index is 1.93. The molecule has 0 saturated carbocycles. The number of aryl methyl sites for hydroxylation is 2. The summed E-state index contributed by atoms with van der Waals surface area (Å²) in [5.41, 5.74) is 3.17. The van der Waals surface area contributed by atoms with Crippen molar-refractivity contribution < 1.29 is 0 Å². The molecule has 0 aliphatic carbocycles. The predicted octanol–water partition coefficient (Wildman–Crippen LogP) is 2.69. The molecule has 2 aromatic rings. The minimum absolute atomic E-state index is 0.167. The van der Waals surface area contributed by atoms with Gasteiger partial charge in [0.05, 0.1) is 5.69 Å². The molecule has 0 fully saturated rings. The Bertz CT molecular complexity index is 718. The fraction of sp³-hybridized carbons (Fsp3) is 0.500. The number of thioether (sulfide) groups is 1. The molecule has 0 atom stereocenters. The maximum absolute atomic E-state index is 4.52. The van der Waals surface area contributed by atoms with E-state index in [1.165, 1.54) is 0 Å². The minimum atomic E-state index is 0.167. The molecule has 2 N–H and O–H groups in total. The molecule has 0 spiro atoms. The largest absolute Gasteiger partial charge is 0.355 e. The first kappa shape index (κ1) is 19.3. The van der Waals surface area contributed by atoms with Crippen LogP contribution in [0.2, 0.25) is 0 Å². The summed E-state index contributed by atoms with van der Waals surface area (Å²) >= 11 is 1.83. The van der Waals surface area contributed by atoms with Gasteiger partial charge in [0.15, 0.2) is 11.8 Å². The highest BCUT2D eigenvalue weighted by molar-refractivity contribution is 7.99. The third-order valence-corrected chi connectivity index (χ3v) is 5.20. The van der Waals surface area contributed by atoms with Crippen molar-refractivity contribution in [3.05, 3.63) is 41.3 Å². The zero-order valence-corrected chi connectivity index (χ0v) is 16.7. The summed E-state index contributed by atoms with van der Waals surface area (Å²) in [7, 11) is 1.78. The van der Waals surface area contributed by atoms with Gasteiger partial charge >= 0.3 is 0 Å². The van der Waals surface area contributed by atoms with E-state index in [0.717, 1.165) is 35.3 Å². The zero-order chi connectivity index (χ0) is 18.4. The molecule has 0 aliphatic heterocycles. The van der Waals surface area contributed by atoms with Crippen molar-refractivity contribution in [2.24, 2.45) is 4.99 Å². The molecular formula is C18H28N6S. The molecule has 0 aromatic carbocycles. The lowest BCUT2D eigenvalue weighted by Crippen LogP contribution is -2.43. The SMILES string of the molecule is CN=C(NCc1ccc(-n2nc(C)cc2C)nc1)NCC(C)(C)SC. The number of nitrogens with zero attached hydrogens (tertiary/aromatic N) is 4. The van der Waals surface area contributed by atoms with E-state index in [1.807, 2.05) is 48.6 Å². The van der Waals surface area contributed by atoms with Crippen LogP contribution >= 0.6 is 11.8 Å². The Hall–Kier alpha value is -2.02. The maximum atomic E-state index is 4.52. The van der Waals surface area contributed by atoms with Crippen molar-refractivity contribution in [1.82, 2.24) is 25.4 Å². The number of aromatic nitrogens is 3. The van der Waals surface area contributed by atoms with Crippen molar-refractivity contribution >= 4 is 17.7 Å². The van der Waals surface area contributed by atoms with Crippen molar-refractivity contribution in [3.63, 3.8) is 0 Å². The molecule has 2 rings (SSSR count). The molecule has 0 unspecified atom stereocenters. The molecule has 2 aromatic heterocycles. The van der Waals surface area contributed by atoms with Crippen molar-refractivity contribution in [2.45, 2.75) is 39.0 Å². The normalized spacial score (nSPS) is 12.3. The predicted molar refractivity (Wildman–Crippen MR) is 107 cm³/mol. The first-order valence-corrected chi connectivity index (χ1v) is 9.55. The van der Waals surface area contributed by atoms with E-state index in [0.29, 0.717) is 6.54 Å². The van der Waals surface area contributed by atoms with Gasteiger partial charge in [-0.3, -0.25) is 4.99 Å². The number of rotatable bonds is 6. The van der Waals surface area contributed by atoms with Crippen LogP contribution in [-0.4, -0.2) is 45.3 Å². The summed E-state index contributed by atoms with van der Waals surface area (Å²) in [5, 5.41) is 11.1. The van der Waals surface area contributed by atoms with Crippen molar-refractivity contribution in [1.29, 1.82) is 0 Å². The van der Waals surface area contributed by atoms with E-state index in [4.69, 9.17) is 0 Å². The van der Waals surface area contributed by atoms with Crippen LogP contribution in [0.4, 0.5) is 0 Å². The van der Waals surface area contributed by atoms with Gasteiger partial charge in [0.2, 0.25) is 0 Å². The van der Waals surface area contributed by atoms with E-state index < -0.39 is 0 Å². The lowest BCUT2D eigenvalue weighted by atomic mass is 10.2. The second-order valence-electron chi connectivity index (χ2n) is 6.61. The van der Waals surface area contributed by atoms with Gasteiger partial charge in [0, 0.05) is 36.8 Å². The van der Waals surface area contributed by atoms with Gasteiger partial charge in [-0.15, -0.1) is 0 Å². The van der Waals surface area contributed by atoms with Crippen LogP contribution in [0.3, 0.4) is 0 Å². The van der Waals surface area contributed by atoms with E-state index in [-0.39, 0.29) is 4.75 Å². The zero-order valence-electron chi connectivity index (χ0n) is 15.9. The summed E-state index contributed by atoms with van der Waals surface area (Å²) in [6, 6.07) is 6.09. The second-order valence-corrected chi connectivity index (χ2v) is 8.12. The van der Waals surface area contributed by atoms with Gasteiger partial charge in [-0.1, -0.05) is 6.07 Å². The fourth-order valence-corrected chi connectivity index (χ4v) is 2.50. The molecule has 136 valence electrons. The van der Waals surface area contributed by atoms with Gasteiger partial charge in [-0.05, 0) is 51.6 Å². The Kier molecular flexibility index (Phi) is 6.47. The van der Waals surface area contributed by atoms with Crippen LogP contribution in [0.25, 0.3) is 5.82 Å². The van der Waals surface area contributed by atoms with Gasteiger partial charge in [-0.25, -0.2) is 9.67 Å². The van der Waals surface area contributed by atoms with Gasteiger partial charge in [0.1, 0.15) is 0 Å². The minimum Gasteiger partial charge on any atom is -0.355 e. The number of hydrogen-bond donors (Lipinski definition) is 2. The highest BCUT2D eigenvalue weighted by atomic mass is 32.2. The molecule has 0 bridgehead atoms. The summed E-state index contributed by atoms with van der Waals surface area (Å²) < 4.78 is 2.03. The number of hydrogen-bond acceptors (Lipinski definition) is 4. The average Bonchev–Trinajstić information content (AvgIpc) is 2.94. The molecule has 0 saturated heterocycles. The maximum Gasteiger partial charge on any atom is 0.191 e. The highest BCUT2D eigenvalue weighted by Gasteiger charge is 2.16. The topological polar surface area (TPSA) is 67.1 Å². The van der Waals surface area contributed by atoms with Crippen molar-refractivity contribution in [3.8, 4) is 5.82 Å². The van der Waals surface area contributed by atoms with Gasteiger partial charge < -0.3 is 10.6 Å². The molecule has 0 radical (unpaired) electrons. The van der Waals surface area contributed by atoms with Crippen LogP contribution in [0.15, 0.2) is 29.4 Å². The Morgan fingerprint density at radius 2 is 2.04 bits per heavy atom. The summed E-state index contributed by atoms with van der Waals surface area (Å²) in [4.78, 5) is 8.79. The van der Waals surface area contributed by atoms with Crippen LogP contribution < -0.4 is 10.6 Å². The summed E-state index contributed by atoms with van der Waals surface area (Å²) in [6.45, 7) is 9.95. The second kappa shape index (κ2) is 8.38. The quantitative estimate of drug-likeness (QED) is 0.612. The van der Waals surface area contributed by atoms with E-state index >= 15 is 0 Å². The third kappa shape index (κ3) is 5.49. The molecule has 6 nitrogen and oxygen atoms in total. The lowest BCUT2D eigenvalue weighted by molar-refractivity contribution is 0.664. The van der Waals surface area contributed by atoms with Crippen LogP contribution in [0.5, 0.6) is 0 Å². The van der Waals surface area contributed by atoms with Gasteiger partial charge in [-0.2, -0.15) is 16.9 Å². The van der Waals surface area contributed by atoms with E-state index in [1.54, 1.807) is 7.05 Å². The monoisotopic (exact) mass is 360 g/mol. The Morgan fingerprint density at radius 1 is 1.28 bits per heavy atom. The summed E-state index contributed by atoms with van der Waals surface area (Å²) in [5.74, 6) is 1.63. The van der Waals surface area contributed by atoms with Crippen LogP contribution in [0.1, 0.15) is 30.8 Å². The first-order valence-electron chi connectivity index (χ1n) is 8.33.